The molecule has 0 amide bonds. The van der Waals surface area contributed by atoms with Crippen molar-refractivity contribution in [1.82, 2.24) is 15.3 Å². The third-order valence-electron chi connectivity index (χ3n) is 2.82. The van der Waals surface area contributed by atoms with Gasteiger partial charge in [-0.3, -0.25) is 0 Å². The van der Waals surface area contributed by atoms with Crippen LogP contribution >= 0.6 is 0 Å². The van der Waals surface area contributed by atoms with Crippen LogP contribution in [0.1, 0.15) is 24.4 Å². The van der Waals surface area contributed by atoms with Gasteiger partial charge in [0.1, 0.15) is 17.4 Å². The molecule has 18 heavy (non-hydrogen) atoms. The third-order valence-corrected chi connectivity index (χ3v) is 2.82. The number of benzene rings is 1. The SMILES string of the molecule is CC(NCCc1ncc[nH]1)c1cc(F)ccc1O. The predicted molar refractivity (Wildman–Crippen MR) is 66.8 cm³/mol. The van der Waals surface area contributed by atoms with Crippen LogP contribution in [-0.2, 0) is 6.42 Å². The lowest BCUT2D eigenvalue weighted by Gasteiger charge is -2.15. The summed E-state index contributed by atoms with van der Waals surface area (Å²) >= 11 is 0. The molecule has 0 bridgehead atoms. The molecule has 0 aliphatic heterocycles. The molecule has 1 heterocycles. The van der Waals surface area contributed by atoms with E-state index in [9.17, 15) is 9.50 Å². The molecule has 0 aliphatic carbocycles. The largest absolute Gasteiger partial charge is 0.508 e. The molecular formula is C13H16FN3O. The van der Waals surface area contributed by atoms with E-state index in [1.54, 1.807) is 12.4 Å². The van der Waals surface area contributed by atoms with Crippen molar-refractivity contribution in [2.75, 3.05) is 6.54 Å². The van der Waals surface area contributed by atoms with Crippen molar-refractivity contribution in [3.05, 3.63) is 47.8 Å². The lowest BCUT2D eigenvalue weighted by Crippen LogP contribution is -2.21. The molecule has 1 aromatic heterocycles. The molecule has 0 spiro atoms. The first-order chi connectivity index (χ1) is 8.66. The number of aromatic hydroxyl groups is 1. The number of hydrogen-bond acceptors (Lipinski definition) is 3. The highest BCUT2D eigenvalue weighted by Gasteiger charge is 2.10. The van der Waals surface area contributed by atoms with Crippen LogP contribution < -0.4 is 5.32 Å². The molecule has 0 fully saturated rings. The molecule has 2 rings (SSSR count). The first kappa shape index (κ1) is 12.6. The summed E-state index contributed by atoms with van der Waals surface area (Å²) in [6.07, 6.45) is 4.24. The maximum absolute atomic E-state index is 13.1. The minimum atomic E-state index is -0.345. The lowest BCUT2D eigenvalue weighted by molar-refractivity contribution is 0.449. The Kier molecular flexibility index (Phi) is 3.94. The number of nitrogens with zero attached hydrogens (tertiary/aromatic N) is 1. The fraction of sp³-hybridized carbons (Fsp3) is 0.308. The zero-order valence-corrected chi connectivity index (χ0v) is 10.2. The van der Waals surface area contributed by atoms with E-state index in [0.717, 1.165) is 12.2 Å². The Morgan fingerprint density at radius 1 is 1.50 bits per heavy atom. The maximum atomic E-state index is 13.1. The normalized spacial score (nSPS) is 12.6. The highest BCUT2D eigenvalue weighted by atomic mass is 19.1. The maximum Gasteiger partial charge on any atom is 0.123 e. The van der Waals surface area contributed by atoms with E-state index in [1.807, 2.05) is 6.92 Å². The molecule has 0 aliphatic rings. The van der Waals surface area contributed by atoms with Crippen molar-refractivity contribution >= 4 is 0 Å². The number of rotatable bonds is 5. The molecule has 5 heteroatoms. The Balaban J connectivity index is 1.91. The summed E-state index contributed by atoms with van der Waals surface area (Å²) in [7, 11) is 0. The quantitative estimate of drug-likeness (QED) is 0.761. The van der Waals surface area contributed by atoms with Crippen LogP contribution in [0.4, 0.5) is 4.39 Å². The Bertz CT molecular complexity index is 499. The van der Waals surface area contributed by atoms with Gasteiger partial charge in [0.2, 0.25) is 0 Å². The van der Waals surface area contributed by atoms with E-state index >= 15 is 0 Å². The molecule has 3 N–H and O–H groups in total. The van der Waals surface area contributed by atoms with E-state index in [-0.39, 0.29) is 17.6 Å². The van der Waals surface area contributed by atoms with Crippen molar-refractivity contribution in [2.24, 2.45) is 0 Å². The van der Waals surface area contributed by atoms with Crippen molar-refractivity contribution in [3.63, 3.8) is 0 Å². The Morgan fingerprint density at radius 2 is 2.33 bits per heavy atom. The number of halogens is 1. The second-order valence-electron chi connectivity index (χ2n) is 4.16. The topological polar surface area (TPSA) is 60.9 Å². The summed E-state index contributed by atoms with van der Waals surface area (Å²) in [6, 6.07) is 3.85. The molecule has 0 saturated heterocycles. The van der Waals surface area contributed by atoms with Gasteiger partial charge in [-0.15, -0.1) is 0 Å². The van der Waals surface area contributed by atoms with Gasteiger partial charge < -0.3 is 15.4 Å². The fourth-order valence-corrected chi connectivity index (χ4v) is 1.82. The number of hydrogen-bond donors (Lipinski definition) is 3. The third kappa shape index (κ3) is 3.07. The summed E-state index contributed by atoms with van der Waals surface area (Å²) in [4.78, 5) is 7.12. The van der Waals surface area contributed by atoms with Gasteiger partial charge in [-0.2, -0.15) is 0 Å². The number of imidazole rings is 1. The Labute approximate surface area is 105 Å². The van der Waals surface area contributed by atoms with E-state index in [0.29, 0.717) is 12.1 Å². The van der Waals surface area contributed by atoms with Crippen molar-refractivity contribution in [2.45, 2.75) is 19.4 Å². The lowest BCUT2D eigenvalue weighted by atomic mass is 10.1. The summed E-state index contributed by atoms with van der Waals surface area (Å²) in [6.45, 7) is 2.58. The summed E-state index contributed by atoms with van der Waals surface area (Å²) < 4.78 is 13.1. The molecule has 96 valence electrons. The Morgan fingerprint density at radius 3 is 3.06 bits per heavy atom. The van der Waals surface area contributed by atoms with Crippen LogP contribution in [0.5, 0.6) is 5.75 Å². The molecule has 1 aromatic carbocycles. The van der Waals surface area contributed by atoms with Crippen LogP contribution in [0.25, 0.3) is 0 Å². The van der Waals surface area contributed by atoms with Crippen LogP contribution in [0, 0.1) is 5.82 Å². The van der Waals surface area contributed by atoms with Crippen LogP contribution in [0.3, 0.4) is 0 Å². The number of phenolic OH excluding ortho intramolecular Hbond substituents is 1. The molecular weight excluding hydrogens is 233 g/mol. The Hall–Kier alpha value is -1.88. The van der Waals surface area contributed by atoms with Crippen molar-refractivity contribution in [1.29, 1.82) is 0 Å². The first-order valence-electron chi connectivity index (χ1n) is 5.87. The highest BCUT2D eigenvalue weighted by molar-refractivity contribution is 5.34. The van der Waals surface area contributed by atoms with Gasteiger partial charge in [0, 0.05) is 37.0 Å². The van der Waals surface area contributed by atoms with Gasteiger partial charge >= 0.3 is 0 Å². The number of H-pyrrole nitrogens is 1. The van der Waals surface area contributed by atoms with Gasteiger partial charge in [-0.1, -0.05) is 0 Å². The van der Waals surface area contributed by atoms with Crippen molar-refractivity contribution < 1.29 is 9.50 Å². The van der Waals surface area contributed by atoms with Gasteiger partial charge in [0.15, 0.2) is 0 Å². The number of phenols is 1. The van der Waals surface area contributed by atoms with Gasteiger partial charge in [-0.05, 0) is 25.1 Å². The predicted octanol–water partition coefficient (Wildman–Crippen LogP) is 2.15. The minimum absolute atomic E-state index is 0.106. The molecule has 1 unspecified atom stereocenters. The molecule has 0 saturated carbocycles. The molecule has 0 radical (unpaired) electrons. The van der Waals surface area contributed by atoms with E-state index in [1.165, 1.54) is 18.2 Å². The summed E-state index contributed by atoms with van der Waals surface area (Å²) in [5, 5.41) is 12.9. The number of nitrogens with one attached hydrogen (secondary N) is 2. The minimum Gasteiger partial charge on any atom is -0.508 e. The van der Waals surface area contributed by atoms with Crippen LogP contribution in [-0.4, -0.2) is 21.6 Å². The summed E-state index contributed by atoms with van der Waals surface area (Å²) in [5.41, 5.74) is 0.564. The molecule has 4 nitrogen and oxygen atoms in total. The van der Waals surface area contributed by atoms with Gasteiger partial charge in [0.05, 0.1) is 0 Å². The van der Waals surface area contributed by atoms with Gasteiger partial charge in [0.25, 0.3) is 0 Å². The summed E-state index contributed by atoms with van der Waals surface area (Å²) in [5.74, 6) is 0.662. The van der Waals surface area contributed by atoms with E-state index in [2.05, 4.69) is 15.3 Å². The highest BCUT2D eigenvalue weighted by Crippen LogP contribution is 2.24. The van der Waals surface area contributed by atoms with Gasteiger partial charge in [-0.25, -0.2) is 9.37 Å². The standard InChI is InChI=1S/C13H16FN3O/c1-9(11-8-10(14)2-3-12(11)18)15-5-4-13-16-6-7-17-13/h2-3,6-9,15,18H,4-5H2,1H3,(H,16,17). The number of aromatic nitrogens is 2. The molecule has 2 aromatic rings. The van der Waals surface area contributed by atoms with Crippen LogP contribution in [0.2, 0.25) is 0 Å². The zero-order valence-electron chi connectivity index (χ0n) is 10.2. The second kappa shape index (κ2) is 5.64. The number of aromatic amines is 1. The van der Waals surface area contributed by atoms with Crippen molar-refractivity contribution in [3.8, 4) is 5.75 Å². The molecule has 1 atom stereocenters. The van der Waals surface area contributed by atoms with E-state index in [4.69, 9.17) is 0 Å². The average Bonchev–Trinajstić information content (AvgIpc) is 2.85. The monoisotopic (exact) mass is 249 g/mol. The zero-order chi connectivity index (χ0) is 13.0. The fourth-order valence-electron chi connectivity index (χ4n) is 1.82. The van der Waals surface area contributed by atoms with Crippen LogP contribution in [0.15, 0.2) is 30.6 Å². The smallest absolute Gasteiger partial charge is 0.123 e. The van der Waals surface area contributed by atoms with E-state index < -0.39 is 0 Å². The first-order valence-corrected chi connectivity index (χ1v) is 5.87. The average molecular weight is 249 g/mol. The second-order valence-corrected chi connectivity index (χ2v) is 4.16.